The zero-order chi connectivity index (χ0) is 13.2. The monoisotopic (exact) mass is 260 g/mol. The van der Waals surface area contributed by atoms with E-state index in [2.05, 4.69) is 41.0 Å². The summed E-state index contributed by atoms with van der Waals surface area (Å²) < 4.78 is 5.22. The first kappa shape index (κ1) is 12.9. The van der Waals surface area contributed by atoms with Crippen molar-refractivity contribution >= 4 is 0 Å². The molecule has 3 rings (SSSR count). The lowest BCUT2D eigenvalue weighted by atomic mass is 10.1. The minimum absolute atomic E-state index is 0.663. The second-order valence-corrected chi connectivity index (χ2v) is 5.92. The molecule has 3 nitrogen and oxygen atoms in total. The molecule has 19 heavy (non-hydrogen) atoms. The number of hydrogen-bond donors (Lipinski definition) is 0. The Morgan fingerprint density at radius 1 is 1.21 bits per heavy atom. The van der Waals surface area contributed by atoms with Gasteiger partial charge in [-0.05, 0) is 44.0 Å². The molecule has 1 aromatic rings. The number of hydrogen-bond acceptors (Lipinski definition) is 3. The van der Waals surface area contributed by atoms with Crippen molar-refractivity contribution in [1.29, 1.82) is 0 Å². The first-order chi connectivity index (χ1) is 9.26. The molecule has 1 aromatic carbocycles. The Morgan fingerprint density at radius 2 is 2.00 bits per heavy atom. The Morgan fingerprint density at radius 3 is 2.74 bits per heavy atom. The van der Waals surface area contributed by atoms with Gasteiger partial charge in [-0.15, -0.1) is 0 Å². The molecule has 0 unspecified atom stereocenters. The van der Waals surface area contributed by atoms with Gasteiger partial charge in [0.15, 0.2) is 0 Å². The van der Waals surface area contributed by atoms with Crippen molar-refractivity contribution in [1.82, 2.24) is 9.80 Å². The van der Waals surface area contributed by atoms with Crippen molar-refractivity contribution in [2.75, 3.05) is 26.7 Å². The van der Waals surface area contributed by atoms with Gasteiger partial charge >= 0.3 is 0 Å². The van der Waals surface area contributed by atoms with Gasteiger partial charge in [-0.3, -0.25) is 9.80 Å². The van der Waals surface area contributed by atoms with Crippen molar-refractivity contribution in [3.8, 4) is 5.75 Å². The van der Waals surface area contributed by atoms with Crippen LogP contribution in [0.1, 0.15) is 25.3 Å². The summed E-state index contributed by atoms with van der Waals surface area (Å²) in [5.41, 5.74) is 1.39. The zero-order valence-electron chi connectivity index (χ0n) is 12.0. The molecular formula is C16H24N2O. The summed E-state index contributed by atoms with van der Waals surface area (Å²) >= 11 is 0. The van der Waals surface area contributed by atoms with Crippen LogP contribution in [0.2, 0.25) is 0 Å². The lowest BCUT2D eigenvalue weighted by Gasteiger charge is -2.42. The van der Waals surface area contributed by atoms with Crippen LogP contribution in [0.15, 0.2) is 24.3 Å². The van der Waals surface area contributed by atoms with Gasteiger partial charge in [-0.1, -0.05) is 12.1 Å². The molecule has 0 bridgehead atoms. The fraction of sp³-hybridized carbons (Fsp3) is 0.625. The maximum absolute atomic E-state index is 5.22. The van der Waals surface area contributed by atoms with Gasteiger partial charge in [0.25, 0.3) is 0 Å². The molecule has 2 atom stereocenters. The lowest BCUT2D eigenvalue weighted by molar-refractivity contribution is 0.0540. The van der Waals surface area contributed by atoms with Crippen molar-refractivity contribution < 1.29 is 4.74 Å². The Kier molecular flexibility index (Phi) is 3.76. The van der Waals surface area contributed by atoms with Crippen LogP contribution < -0.4 is 4.74 Å². The van der Waals surface area contributed by atoms with Crippen molar-refractivity contribution in [3.05, 3.63) is 29.8 Å². The predicted molar refractivity (Wildman–Crippen MR) is 77.5 cm³/mol. The summed E-state index contributed by atoms with van der Waals surface area (Å²) in [6, 6.07) is 9.96. The molecule has 0 spiro atoms. The highest BCUT2D eigenvalue weighted by atomic mass is 16.5. The first-order valence-electron chi connectivity index (χ1n) is 7.37. The van der Waals surface area contributed by atoms with E-state index >= 15 is 0 Å². The van der Waals surface area contributed by atoms with Crippen LogP contribution in [0.5, 0.6) is 5.75 Å². The van der Waals surface area contributed by atoms with E-state index in [1.165, 1.54) is 38.0 Å². The normalized spacial score (nSPS) is 28.3. The Hall–Kier alpha value is -1.06. The number of nitrogens with zero attached hydrogens (tertiary/aromatic N) is 2. The van der Waals surface area contributed by atoms with E-state index < -0.39 is 0 Å². The van der Waals surface area contributed by atoms with Crippen LogP contribution in [-0.4, -0.2) is 48.6 Å². The van der Waals surface area contributed by atoms with E-state index in [1.807, 2.05) is 0 Å². The summed E-state index contributed by atoms with van der Waals surface area (Å²) in [6.07, 6.45) is 2.76. The summed E-state index contributed by atoms with van der Waals surface area (Å²) in [4.78, 5) is 5.31. The predicted octanol–water partition coefficient (Wildman–Crippen LogP) is 2.36. The maximum atomic E-state index is 5.22. The maximum Gasteiger partial charge on any atom is 0.118 e. The smallest absolute Gasteiger partial charge is 0.118 e. The highest BCUT2D eigenvalue weighted by molar-refractivity contribution is 5.27. The van der Waals surface area contributed by atoms with Crippen molar-refractivity contribution in [3.63, 3.8) is 0 Å². The number of methoxy groups -OCH3 is 1. The molecular weight excluding hydrogens is 236 g/mol. The second-order valence-electron chi connectivity index (χ2n) is 5.92. The minimum Gasteiger partial charge on any atom is -0.497 e. The van der Waals surface area contributed by atoms with Crippen LogP contribution in [0, 0.1) is 0 Å². The van der Waals surface area contributed by atoms with Crippen LogP contribution in [0.4, 0.5) is 0 Å². The highest BCUT2D eigenvalue weighted by Crippen LogP contribution is 2.26. The standard InChI is InChI=1S/C16H24N2O/c1-13-10-17-9-3-4-15(17)12-18(13)11-14-5-7-16(19-2)8-6-14/h5-8,13,15H,3-4,9-12H2,1-2H3/t13-,15+/m0/s1. The number of piperazine rings is 1. The Balaban J connectivity index is 1.64. The number of benzene rings is 1. The van der Waals surface area contributed by atoms with Crippen molar-refractivity contribution in [2.45, 2.75) is 38.4 Å². The molecule has 2 heterocycles. The van der Waals surface area contributed by atoms with E-state index in [1.54, 1.807) is 7.11 Å². The molecule has 0 aromatic heterocycles. The average Bonchev–Trinajstić information content (AvgIpc) is 2.87. The number of fused-ring (bicyclic) bond motifs is 1. The number of rotatable bonds is 3. The van der Waals surface area contributed by atoms with Crippen molar-refractivity contribution in [2.24, 2.45) is 0 Å². The summed E-state index contributed by atoms with van der Waals surface area (Å²) in [6.45, 7) is 7.20. The summed E-state index contributed by atoms with van der Waals surface area (Å²) in [7, 11) is 1.72. The average molecular weight is 260 g/mol. The highest BCUT2D eigenvalue weighted by Gasteiger charge is 2.34. The van der Waals surface area contributed by atoms with E-state index in [9.17, 15) is 0 Å². The molecule has 3 heteroatoms. The molecule has 0 N–H and O–H groups in total. The molecule has 104 valence electrons. The zero-order valence-corrected chi connectivity index (χ0v) is 12.0. The van der Waals surface area contributed by atoms with Crippen LogP contribution in [0.25, 0.3) is 0 Å². The largest absolute Gasteiger partial charge is 0.497 e. The van der Waals surface area contributed by atoms with E-state index in [-0.39, 0.29) is 0 Å². The van der Waals surface area contributed by atoms with Gasteiger partial charge in [0.2, 0.25) is 0 Å². The molecule has 0 aliphatic carbocycles. The van der Waals surface area contributed by atoms with Crippen LogP contribution in [-0.2, 0) is 6.54 Å². The SMILES string of the molecule is COc1ccc(CN2C[C@H]3CCCN3C[C@@H]2C)cc1. The van der Waals surface area contributed by atoms with Gasteiger partial charge < -0.3 is 4.74 Å². The molecule has 2 saturated heterocycles. The molecule has 0 amide bonds. The molecule has 2 aliphatic heterocycles. The quantitative estimate of drug-likeness (QED) is 0.830. The fourth-order valence-electron chi connectivity index (χ4n) is 3.43. The van der Waals surface area contributed by atoms with E-state index in [0.29, 0.717) is 6.04 Å². The minimum atomic E-state index is 0.663. The summed E-state index contributed by atoms with van der Waals surface area (Å²) in [5.74, 6) is 0.942. The van der Waals surface area contributed by atoms with E-state index in [0.717, 1.165) is 18.3 Å². The summed E-state index contributed by atoms with van der Waals surface area (Å²) in [5, 5.41) is 0. The topological polar surface area (TPSA) is 15.7 Å². The van der Waals surface area contributed by atoms with Gasteiger partial charge in [-0.25, -0.2) is 0 Å². The Labute approximate surface area is 116 Å². The second kappa shape index (κ2) is 5.51. The molecule has 0 saturated carbocycles. The third-order valence-corrected chi connectivity index (χ3v) is 4.61. The molecule has 0 radical (unpaired) electrons. The molecule has 2 fully saturated rings. The lowest BCUT2D eigenvalue weighted by Crippen LogP contribution is -2.54. The van der Waals surface area contributed by atoms with Crippen LogP contribution >= 0.6 is 0 Å². The van der Waals surface area contributed by atoms with E-state index in [4.69, 9.17) is 4.74 Å². The third-order valence-electron chi connectivity index (χ3n) is 4.61. The van der Waals surface area contributed by atoms with Gasteiger partial charge in [0, 0.05) is 31.7 Å². The third kappa shape index (κ3) is 2.77. The van der Waals surface area contributed by atoms with Gasteiger partial charge in [0.1, 0.15) is 5.75 Å². The Bertz CT molecular complexity index is 417. The van der Waals surface area contributed by atoms with Crippen LogP contribution in [0.3, 0.4) is 0 Å². The fourth-order valence-corrected chi connectivity index (χ4v) is 3.43. The first-order valence-corrected chi connectivity index (χ1v) is 7.37. The number of ether oxygens (including phenoxy) is 1. The van der Waals surface area contributed by atoms with Gasteiger partial charge in [0.05, 0.1) is 7.11 Å². The van der Waals surface area contributed by atoms with Gasteiger partial charge in [-0.2, -0.15) is 0 Å². The molecule has 2 aliphatic rings.